The Balaban J connectivity index is 2.24. The van der Waals surface area contributed by atoms with Crippen molar-refractivity contribution in [2.24, 2.45) is 0 Å². The topological polar surface area (TPSA) is 75.7 Å². The summed E-state index contributed by atoms with van der Waals surface area (Å²) in [5.41, 5.74) is 1.10. The Morgan fingerprint density at radius 2 is 1.81 bits per heavy atom. The third-order valence-electron chi connectivity index (χ3n) is 4.08. The molecule has 0 saturated carbocycles. The molecule has 2 aromatic rings. The van der Waals surface area contributed by atoms with E-state index in [-0.39, 0.29) is 22.2 Å². The Bertz CT molecular complexity index is 912. The van der Waals surface area contributed by atoms with Gasteiger partial charge in [0.05, 0.1) is 18.6 Å². The van der Waals surface area contributed by atoms with Crippen LogP contribution in [0.3, 0.4) is 0 Å². The van der Waals surface area contributed by atoms with Gasteiger partial charge in [0.15, 0.2) is 0 Å². The molecule has 0 saturated heterocycles. The van der Waals surface area contributed by atoms with Gasteiger partial charge in [-0.25, -0.2) is 8.42 Å². The van der Waals surface area contributed by atoms with E-state index in [0.29, 0.717) is 24.5 Å². The number of methoxy groups -OCH3 is 1. The number of para-hydroxylation sites is 1. The van der Waals surface area contributed by atoms with Crippen molar-refractivity contribution < 1.29 is 17.9 Å². The maximum atomic E-state index is 12.7. The predicted molar refractivity (Wildman–Crippen MR) is 107 cm³/mol. The molecule has 0 bridgehead atoms. The van der Waals surface area contributed by atoms with Crippen molar-refractivity contribution in [3.8, 4) is 5.75 Å². The van der Waals surface area contributed by atoms with Gasteiger partial charge < -0.3 is 10.1 Å². The molecule has 0 aromatic heterocycles. The predicted octanol–water partition coefficient (Wildman–Crippen LogP) is 3.56. The second kappa shape index (κ2) is 9.21. The summed E-state index contributed by atoms with van der Waals surface area (Å²) < 4.78 is 32.0. The van der Waals surface area contributed by atoms with Crippen LogP contribution in [0, 0.1) is 0 Å². The Hall–Kier alpha value is -2.09. The van der Waals surface area contributed by atoms with E-state index in [1.807, 2.05) is 12.1 Å². The molecule has 1 amide bonds. The van der Waals surface area contributed by atoms with E-state index >= 15 is 0 Å². The zero-order valence-electron chi connectivity index (χ0n) is 15.5. The van der Waals surface area contributed by atoms with Crippen LogP contribution in [-0.2, 0) is 21.2 Å². The van der Waals surface area contributed by atoms with E-state index in [4.69, 9.17) is 16.3 Å². The van der Waals surface area contributed by atoms with Crippen LogP contribution in [0.4, 0.5) is 5.69 Å². The number of rotatable bonds is 8. The van der Waals surface area contributed by atoms with Crippen LogP contribution in [0.2, 0.25) is 5.02 Å². The zero-order valence-corrected chi connectivity index (χ0v) is 17.1. The summed E-state index contributed by atoms with van der Waals surface area (Å²) in [5, 5.41) is 2.84. The van der Waals surface area contributed by atoms with Crippen molar-refractivity contribution in [3.63, 3.8) is 0 Å². The van der Waals surface area contributed by atoms with E-state index < -0.39 is 10.0 Å². The second-order valence-corrected chi connectivity index (χ2v) is 8.08. The van der Waals surface area contributed by atoms with Crippen molar-refractivity contribution in [2.75, 3.05) is 25.5 Å². The molecule has 0 aliphatic heterocycles. The Labute approximate surface area is 165 Å². The average molecular weight is 411 g/mol. The minimum Gasteiger partial charge on any atom is -0.496 e. The van der Waals surface area contributed by atoms with Crippen molar-refractivity contribution in [3.05, 3.63) is 53.1 Å². The third kappa shape index (κ3) is 5.00. The number of nitrogens with one attached hydrogen (secondary N) is 1. The molecule has 27 heavy (non-hydrogen) atoms. The maximum absolute atomic E-state index is 12.7. The lowest BCUT2D eigenvalue weighted by Crippen LogP contribution is -2.31. The van der Waals surface area contributed by atoms with Crippen molar-refractivity contribution >= 4 is 33.2 Å². The first-order chi connectivity index (χ1) is 12.8. The quantitative estimate of drug-likeness (QED) is 0.721. The van der Waals surface area contributed by atoms with Gasteiger partial charge >= 0.3 is 0 Å². The molecule has 0 aliphatic rings. The molecule has 0 radical (unpaired) electrons. The SMILES string of the molecule is CCN(CC)S(=O)(=O)c1cc(NC(=O)Cc2ccccc2OC)ccc1Cl. The molecule has 0 spiro atoms. The maximum Gasteiger partial charge on any atom is 0.244 e. The number of benzene rings is 2. The van der Waals surface area contributed by atoms with Gasteiger partial charge in [0.25, 0.3) is 0 Å². The van der Waals surface area contributed by atoms with Crippen LogP contribution < -0.4 is 10.1 Å². The molecule has 2 rings (SSSR count). The van der Waals surface area contributed by atoms with Gasteiger partial charge in [0.2, 0.25) is 15.9 Å². The summed E-state index contributed by atoms with van der Waals surface area (Å²) in [6.07, 6.45) is 0.102. The summed E-state index contributed by atoms with van der Waals surface area (Å²) in [7, 11) is -2.19. The molecule has 0 aliphatic carbocycles. The molecule has 1 N–H and O–H groups in total. The Kier molecular flexibility index (Phi) is 7.24. The van der Waals surface area contributed by atoms with Crippen LogP contribution in [0.5, 0.6) is 5.75 Å². The second-order valence-electron chi connectivity index (χ2n) is 5.77. The standard InChI is InChI=1S/C19H23ClN2O4S/c1-4-22(5-2)27(24,25)18-13-15(10-11-16(18)20)21-19(23)12-14-8-6-7-9-17(14)26-3/h6-11,13H,4-5,12H2,1-3H3,(H,21,23). The van der Waals surface area contributed by atoms with Gasteiger partial charge in [0.1, 0.15) is 10.6 Å². The van der Waals surface area contributed by atoms with Gasteiger partial charge in [-0.3, -0.25) is 4.79 Å². The molecular weight excluding hydrogens is 388 g/mol. The molecule has 8 heteroatoms. The average Bonchev–Trinajstić information content (AvgIpc) is 2.64. The first kappa shape index (κ1) is 21.2. The number of hydrogen-bond donors (Lipinski definition) is 1. The molecule has 0 fully saturated rings. The molecule has 2 aromatic carbocycles. The molecule has 0 unspecified atom stereocenters. The highest BCUT2D eigenvalue weighted by atomic mass is 35.5. The minimum atomic E-state index is -3.73. The van der Waals surface area contributed by atoms with Gasteiger partial charge in [-0.05, 0) is 24.3 Å². The summed E-state index contributed by atoms with van der Waals surface area (Å²) >= 11 is 6.11. The molecular formula is C19H23ClN2O4S. The molecule has 6 nitrogen and oxygen atoms in total. The van der Waals surface area contributed by atoms with Gasteiger partial charge in [-0.1, -0.05) is 43.6 Å². The van der Waals surface area contributed by atoms with Crippen LogP contribution in [0.1, 0.15) is 19.4 Å². The number of halogens is 1. The van der Waals surface area contributed by atoms with Crippen molar-refractivity contribution in [1.82, 2.24) is 4.31 Å². The van der Waals surface area contributed by atoms with E-state index in [9.17, 15) is 13.2 Å². The van der Waals surface area contributed by atoms with E-state index in [0.717, 1.165) is 5.56 Å². The number of carbonyl (C=O) groups excluding carboxylic acids is 1. The fraction of sp³-hybridized carbons (Fsp3) is 0.316. The zero-order chi connectivity index (χ0) is 20.0. The summed E-state index contributed by atoms with van der Waals surface area (Å²) in [6.45, 7) is 4.18. The van der Waals surface area contributed by atoms with Crippen LogP contribution in [-0.4, -0.2) is 38.8 Å². The van der Waals surface area contributed by atoms with E-state index in [1.165, 1.54) is 16.4 Å². The lowest BCUT2D eigenvalue weighted by atomic mass is 10.1. The largest absolute Gasteiger partial charge is 0.496 e. The number of amides is 1. The van der Waals surface area contributed by atoms with Crippen LogP contribution >= 0.6 is 11.6 Å². The lowest BCUT2D eigenvalue weighted by molar-refractivity contribution is -0.115. The summed E-state index contributed by atoms with van der Waals surface area (Å²) in [6, 6.07) is 11.7. The highest BCUT2D eigenvalue weighted by molar-refractivity contribution is 7.89. The van der Waals surface area contributed by atoms with Crippen LogP contribution in [0.15, 0.2) is 47.4 Å². The molecule has 0 heterocycles. The molecule has 0 atom stereocenters. The van der Waals surface area contributed by atoms with E-state index in [1.54, 1.807) is 39.2 Å². The Morgan fingerprint density at radius 1 is 1.15 bits per heavy atom. The molecule has 146 valence electrons. The summed E-state index contributed by atoms with van der Waals surface area (Å²) in [4.78, 5) is 12.4. The first-order valence-electron chi connectivity index (χ1n) is 8.54. The number of nitrogens with zero attached hydrogens (tertiary/aromatic N) is 1. The highest BCUT2D eigenvalue weighted by Gasteiger charge is 2.25. The fourth-order valence-electron chi connectivity index (χ4n) is 2.71. The number of ether oxygens (including phenoxy) is 1. The van der Waals surface area contributed by atoms with Gasteiger partial charge in [0, 0.05) is 24.3 Å². The number of anilines is 1. The number of hydrogen-bond acceptors (Lipinski definition) is 4. The monoisotopic (exact) mass is 410 g/mol. The minimum absolute atomic E-state index is 0.0250. The highest BCUT2D eigenvalue weighted by Crippen LogP contribution is 2.28. The normalized spacial score (nSPS) is 11.4. The van der Waals surface area contributed by atoms with Crippen molar-refractivity contribution in [2.45, 2.75) is 25.2 Å². The summed E-state index contributed by atoms with van der Waals surface area (Å²) in [5.74, 6) is 0.335. The number of sulfonamides is 1. The number of carbonyl (C=O) groups is 1. The smallest absolute Gasteiger partial charge is 0.244 e. The van der Waals surface area contributed by atoms with Crippen LogP contribution in [0.25, 0.3) is 0 Å². The first-order valence-corrected chi connectivity index (χ1v) is 10.4. The Morgan fingerprint density at radius 3 is 2.44 bits per heavy atom. The van der Waals surface area contributed by atoms with E-state index in [2.05, 4.69) is 5.32 Å². The van der Waals surface area contributed by atoms with Gasteiger partial charge in [-0.2, -0.15) is 4.31 Å². The third-order valence-corrected chi connectivity index (χ3v) is 6.61. The van der Waals surface area contributed by atoms with Crippen molar-refractivity contribution in [1.29, 1.82) is 0 Å². The fourth-order valence-corrected chi connectivity index (χ4v) is 4.67. The van der Waals surface area contributed by atoms with Gasteiger partial charge in [-0.15, -0.1) is 0 Å². The lowest BCUT2D eigenvalue weighted by Gasteiger charge is -2.19.